The summed E-state index contributed by atoms with van der Waals surface area (Å²) in [5, 5.41) is 0. The van der Waals surface area contributed by atoms with Crippen molar-refractivity contribution in [2.24, 2.45) is 5.41 Å². The monoisotopic (exact) mass is 337 g/mol. The third-order valence-corrected chi connectivity index (χ3v) is 6.91. The van der Waals surface area contributed by atoms with Crippen molar-refractivity contribution in [1.29, 1.82) is 0 Å². The van der Waals surface area contributed by atoms with Crippen LogP contribution in [-0.4, -0.2) is 10.8 Å². The highest BCUT2D eigenvalue weighted by molar-refractivity contribution is 7.10. The van der Waals surface area contributed by atoms with Gasteiger partial charge in [-0.15, -0.1) is 11.3 Å². The lowest BCUT2D eigenvalue weighted by molar-refractivity contribution is -0.125. The van der Waals surface area contributed by atoms with E-state index in [4.69, 9.17) is 0 Å². The molecular formula is C21H23NOS. The molecule has 0 unspecified atom stereocenters. The Morgan fingerprint density at radius 3 is 2.67 bits per heavy atom. The molecule has 0 saturated heterocycles. The van der Waals surface area contributed by atoms with E-state index >= 15 is 0 Å². The molecule has 1 aromatic heterocycles. The Bertz CT molecular complexity index is 831. The number of hydrogen-bond donors (Lipinski definition) is 0. The van der Waals surface area contributed by atoms with Crippen molar-refractivity contribution in [3.8, 4) is 0 Å². The van der Waals surface area contributed by atoms with E-state index in [0.717, 1.165) is 31.3 Å². The van der Waals surface area contributed by atoms with E-state index < -0.39 is 0 Å². The van der Waals surface area contributed by atoms with Crippen LogP contribution in [-0.2, 0) is 16.6 Å². The number of carbonyl (C=O) groups excluding carboxylic acids is 1. The van der Waals surface area contributed by atoms with Gasteiger partial charge in [0.1, 0.15) is 0 Å². The van der Waals surface area contributed by atoms with E-state index in [1.165, 1.54) is 21.7 Å². The molecule has 0 aliphatic heterocycles. The van der Waals surface area contributed by atoms with Gasteiger partial charge in [0.2, 0.25) is 0 Å². The van der Waals surface area contributed by atoms with Crippen LogP contribution in [0, 0.1) is 5.41 Å². The van der Waals surface area contributed by atoms with Crippen molar-refractivity contribution in [3.63, 3.8) is 0 Å². The van der Waals surface area contributed by atoms with Gasteiger partial charge in [-0.25, -0.2) is 4.98 Å². The normalized spacial score (nSPS) is 25.4. The third kappa shape index (κ3) is 2.00. The number of benzene rings is 1. The number of aromatic nitrogens is 1. The molecule has 0 spiro atoms. The smallest absolute Gasteiger partial charge is 0.165 e. The van der Waals surface area contributed by atoms with Gasteiger partial charge in [0.05, 0.1) is 16.6 Å². The quantitative estimate of drug-likeness (QED) is 0.765. The molecule has 2 aliphatic carbocycles. The lowest BCUT2D eigenvalue weighted by Gasteiger charge is -2.45. The number of nitrogens with zero attached hydrogens (tertiary/aromatic N) is 1. The fourth-order valence-electron chi connectivity index (χ4n) is 4.47. The molecule has 1 aromatic carbocycles. The van der Waals surface area contributed by atoms with Crippen molar-refractivity contribution in [2.75, 3.05) is 0 Å². The van der Waals surface area contributed by atoms with Crippen molar-refractivity contribution in [2.45, 2.75) is 51.9 Å². The Morgan fingerprint density at radius 2 is 1.96 bits per heavy atom. The van der Waals surface area contributed by atoms with Crippen molar-refractivity contribution < 1.29 is 4.79 Å². The summed E-state index contributed by atoms with van der Waals surface area (Å²) in [6.45, 7) is 6.42. The summed E-state index contributed by atoms with van der Waals surface area (Å²) in [6, 6.07) is 10.6. The summed E-state index contributed by atoms with van der Waals surface area (Å²) in [4.78, 5) is 19.4. The predicted molar refractivity (Wildman–Crippen MR) is 98.4 cm³/mol. The average Bonchev–Trinajstić information content (AvgIpc) is 3.06. The maximum absolute atomic E-state index is 13.5. The van der Waals surface area contributed by atoms with Gasteiger partial charge in [-0.05, 0) is 24.8 Å². The zero-order valence-electron chi connectivity index (χ0n) is 14.6. The van der Waals surface area contributed by atoms with E-state index in [0.29, 0.717) is 5.78 Å². The first kappa shape index (κ1) is 15.8. The first-order valence-corrected chi connectivity index (χ1v) is 9.64. The first-order chi connectivity index (χ1) is 11.5. The molecule has 24 heavy (non-hydrogen) atoms. The first-order valence-electron chi connectivity index (χ1n) is 8.76. The topological polar surface area (TPSA) is 30.0 Å². The van der Waals surface area contributed by atoms with Crippen LogP contribution in [0.15, 0.2) is 47.0 Å². The Hall–Kier alpha value is -1.74. The van der Waals surface area contributed by atoms with Crippen molar-refractivity contribution >= 4 is 17.1 Å². The lowest BCUT2D eigenvalue weighted by atomic mass is 9.58. The number of fused-ring (bicyclic) bond motifs is 1. The van der Waals surface area contributed by atoms with Crippen LogP contribution in [0.1, 0.15) is 56.2 Å². The molecule has 0 amide bonds. The highest BCUT2D eigenvalue weighted by atomic mass is 32.1. The van der Waals surface area contributed by atoms with Crippen molar-refractivity contribution in [1.82, 2.24) is 4.98 Å². The number of thiazole rings is 1. The van der Waals surface area contributed by atoms with Gasteiger partial charge >= 0.3 is 0 Å². The predicted octanol–water partition coefficient (Wildman–Crippen LogP) is 5.08. The molecule has 1 heterocycles. The van der Waals surface area contributed by atoms with E-state index in [-0.39, 0.29) is 10.8 Å². The number of ketones is 1. The minimum Gasteiger partial charge on any atom is -0.294 e. The van der Waals surface area contributed by atoms with E-state index in [1.807, 2.05) is 11.6 Å². The van der Waals surface area contributed by atoms with Crippen LogP contribution in [0.3, 0.4) is 0 Å². The van der Waals surface area contributed by atoms with E-state index in [9.17, 15) is 4.79 Å². The Kier molecular flexibility index (Phi) is 3.54. The van der Waals surface area contributed by atoms with Gasteiger partial charge in [0, 0.05) is 22.3 Å². The second-order valence-electron chi connectivity index (χ2n) is 7.62. The largest absolute Gasteiger partial charge is 0.294 e. The molecule has 2 nitrogen and oxygen atoms in total. The number of hydrogen-bond acceptors (Lipinski definition) is 3. The number of carbonyl (C=O) groups is 1. The number of rotatable bonds is 2. The second kappa shape index (κ2) is 5.38. The van der Waals surface area contributed by atoms with Crippen LogP contribution in [0.25, 0.3) is 0 Å². The average molecular weight is 337 g/mol. The number of Topliss-reactive ketones (excluding diaryl/α,β-unsaturated/α-hetero) is 1. The molecular weight excluding hydrogens is 314 g/mol. The summed E-state index contributed by atoms with van der Waals surface area (Å²) in [7, 11) is 0. The van der Waals surface area contributed by atoms with E-state index in [1.54, 1.807) is 11.3 Å². The van der Waals surface area contributed by atoms with Gasteiger partial charge in [0.15, 0.2) is 5.78 Å². The van der Waals surface area contributed by atoms with Crippen LogP contribution in [0.4, 0.5) is 0 Å². The van der Waals surface area contributed by atoms with Crippen LogP contribution >= 0.6 is 11.3 Å². The molecule has 0 radical (unpaired) electrons. The molecule has 2 aliphatic rings. The second-order valence-corrected chi connectivity index (χ2v) is 8.48. The molecule has 0 saturated carbocycles. The van der Waals surface area contributed by atoms with E-state index in [2.05, 4.69) is 50.0 Å². The zero-order valence-corrected chi connectivity index (χ0v) is 15.4. The highest BCUT2D eigenvalue weighted by Gasteiger charge is 2.51. The van der Waals surface area contributed by atoms with Crippen LogP contribution < -0.4 is 0 Å². The van der Waals surface area contributed by atoms with Gasteiger partial charge in [-0.1, -0.05) is 56.7 Å². The molecule has 124 valence electrons. The molecule has 0 bridgehead atoms. The molecule has 3 heteroatoms. The van der Waals surface area contributed by atoms with Gasteiger partial charge in [0.25, 0.3) is 0 Å². The Morgan fingerprint density at radius 1 is 1.21 bits per heavy atom. The minimum atomic E-state index is -0.319. The summed E-state index contributed by atoms with van der Waals surface area (Å²) in [6.07, 6.45) is 3.70. The summed E-state index contributed by atoms with van der Waals surface area (Å²) < 4.78 is 0. The van der Waals surface area contributed by atoms with Crippen LogP contribution in [0.2, 0.25) is 0 Å². The molecule has 2 aromatic rings. The fraction of sp³-hybridized carbons (Fsp3) is 0.429. The highest BCUT2D eigenvalue weighted by Crippen LogP contribution is 2.54. The molecule has 0 N–H and O–H groups in total. The third-order valence-electron chi connectivity index (χ3n) is 5.88. The maximum Gasteiger partial charge on any atom is 0.165 e. The van der Waals surface area contributed by atoms with Gasteiger partial charge in [-0.2, -0.15) is 0 Å². The van der Waals surface area contributed by atoms with Crippen LogP contribution in [0.5, 0.6) is 0 Å². The maximum atomic E-state index is 13.5. The zero-order chi connectivity index (χ0) is 16.9. The molecule has 1 atom stereocenters. The Balaban J connectivity index is 2.05. The SMILES string of the molecule is CC[C@]1(c2ccccc2)C2=C(CCC(C)(C)C2=O)Cc2ncsc21. The molecule has 4 rings (SSSR count). The summed E-state index contributed by atoms with van der Waals surface area (Å²) >= 11 is 1.71. The fourth-order valence-corrected chi connectivity index (χ4v) is 5.58. The molecule has 0 fully saturated rings. The minimum absolute atomic E-state index is 0.268. The lowest BCUT2D eigenvalue weighted by Crippen LogP contribution is -2.44. The summed E-state index contributed by atoms with van der Waals surface area (Å²) in [5.41, 5.74) is 6.17. The number of allylic oxidation sites excluding steroid dienone is 2. The Labute approximate surface area is 147 Å². The summed E-state index contributed by atoms with van der Waals surface area (Å²) in [5.74, 6) is 0.341. The van der Waals surface area contributed by atoms with Gasteiger partial charge < -0.3 is 0 Å². The van der Waals surface area contributed by atoms with Crippen molar-refractivity contribution in [3.05, 3.63) is 63.1 Å². The standard InChI is InChI=1S/C21H23NOS/c1-4-21(15-8-6-5-7-9-15)17-14(10-11-20(2,3)18(17)23)12-16-19(21)24-13-22-16/h5-9,13H,4,10-12H2,1-3H3/t21-/m0/s1. The van der Waals surface area contributed by atoms with Gasteiger partial charge in [-0.3, -0.25) is 4.79 Å².